The van der Waals surface area contributed by atoms with Gasteiger partial charge in [-0.3, -0.25) is 4.90 Å². The Kier molecular flexibility index (Phi) is 4.00. The molecule has 2 atom stereocenters. The number of hydrogen-bond donors (Lipinski definition) is 1. The van der Waals surface area contributed by atoms with E-state index in [1.54, 1.807) is 0 Å². The molecule has 0 aromatic carbocycles. The zero-order chi connectivity index (χ0) is 10.7. The summed E-state index contributed by atoms with van der Waals surface area (Å²) in [5, 5.41) is 3.50. The first kappa shape index (κ1) is 11.4. The molecule has 2 aliphatic heterocycles. The standard InChI is InChI=1S/C12H25N3/c1-3-12-8-13-5-7-15(12)10-11-4-6-14(2)9-11/h11-13H,3-10H2,1-2H3. The first-order valence-corrected chi connectivity index (χ1v) is 6.43. The summed E-state index contributed by atoms with van der Waals surface area (Å²) < 4.78 is 0. The molecule has 2 heterocycles. The summed E-state index contributed by atoms with van der Waals surface area (Å²) in [5.41, 5.74) is 0. The summed E-state index contributed by atoms with van der Waals surface area (Å²) in [6.07, 6.45) is 2.69. The van der Waals surface area contributed by atoms with Gasteiger partial charge in [0.1, 0.15) is 0 Å². The Hall–Kier alpha value is -0.120. The first-order chi connectivity index (χ1) is 7.29. The van der Waals surface area contributed by atoms with Crippen molar-refractivity contribution in [2.45, 2.75) is 25.8 Å². The number of hydrogen-bond acceptors (Lipinski definition) is 3. The van der Waals surface area contributed by atoms with Crippen LogP contribution in [0.1, 0.15) is 19.8 Å². The maximum Gasteiger partial charge on any atom is 0.0218 e. The molecule has 0 aromatic heterocycles. The predicted octanol–water partition coefficient (Wildman–Crippen LogP) is 0.622. The van der Waals surface area contributed by atoms with Crippen molar-refractivity contribution in [3.63, 3.8) is 0 Å². The molecule has 0 aromatic rings. The van der Waals surface area contributed by atoms with E-state index in [0.717, 1.165) is 12.0 Å². The van der Waals surface area contributed by atoms with Gasteiger partial charge >= 0.3 is 0 Å². The van der Waals surface area contributed by atoms with Crippen molar-refractivity contribution >= 4 is 0 Å². The van der Waals surface area contributed by atoms with E-state index < -0.39 is 0 Å². The first-order valence-electron chi connectivity index (χ1n) is 6.43. The Bertz CT molecular complexity index is 195. The van der Waals surface area contributed by atoms with Crippen LogP contribution in [0.4, 0.5) is 0 Å². The third kappa shape index (κ3) is 2.92. The summed E-state index contributed by atoms with van der Waals surface area (Å²) >= 11 is 0. The zero-order valence-corrected chi connectivity index (χ0v) is 10.2. The van der Waals surface area contributed by atoms with Gasteiger partial charge in [-0.25, -0.2) is 0 Å². The maximum absolute atomic E-state index is 3.50. The molecular weight excluding hydrogens is 186 g/mol. The van der Waals surface area contributed by atoms with Crippen LogP contribution in [0, 0.1) is 5.92 Å². The molecule has 2 aliphatic rings. The number of piperazine rings is 1. The molecule has 2 saturated heterocycles. The average molecular weight is 211 g/mol. The Morgan fingerprint density at radius 3 is 2.87 bits per heavy atom. The van der Waals surface area contributed by atoms with Gasteiger partial charge in [-0.1, -0.05) is 6.92 Å². The van der Waals surface area contributed by atoms with E-state index in [9.17, 15) is 0 Å². The number of rotatable bonds is 3. The van der Waals surface area contributed by atoms with Crippen LogP contribution in [-0.2, 0) is 0 Å². The van der Waals surface area contributed by atoms with Gasteiger partial charge in [0, 0.05) is 38.8 Å². The molecule has 2 unspecified atom stereocenters. The van der Waals surface area contributed by atoms with E-state index in [1.807, 2.05) is 0 Å². The van der Waals surface area contributed by atoms with Gasteiger partial charge in [0.25, 0.3) is 0 Å². The predicted molar refractivity (Wildman–Crippen MR) is 64.1 cm³/mol. The average Bonchev–Trinajstić information content (AvgIpc) is 2.65. The van der Waals surface area contributed by atoms with Crippen molar-refractivity contribution in [2.24, 2.45) is 5.92 Å². The third-order valence-corrected chi connectivity index (χ3v) is 3.93. The molecule has 0 saturated carbocycles. The van der Waals surface area contributed by atoms with Crippen molar-refractivity contribution in [3.8, 4) is 0 Å². The quantitative estimate of drug-likeness (QED) is 0.738. The SMILES string of the molecule is CCC1CNCCN1CC1CCN(C)C1. The summed E-state index contributed by atoms with van der Waals surface area (Å²) in [6, 6.07) is 0.782. The fourth-order valence-corrected chi connectivity index (χ4v) is 2.95. The molecule has 0 aliphatic carbocycles. The van der Waals surface area contributed by atoms with Crippen LogP contribution in [-0.4, -0.2) is 62.2 Å². The fourth-order valence-electron chi connectivity index (χ4n) is 2.95. The minimum Gasteiger partial charge on any atom is -0.314 e. The van der Waals surface area contributed by atoms with E-state index in [-0.39, 0.29) is 0 Å². The minimum atomic E-state index is 0.782. The van der Waals surface area contributed by atoms with E-state index in [2.05, 4.69) is 29.1 Å². The van der Waals surface area contributed by atoms with Crippen molar-refractivity contribution in [3.05, 3.63) is 0 Å². The summed E-state index contributed by atoms with van der Waals surface area (Å²) in [7, 11) is 2.25. The highest BCUT2D eigenvalue weighted by atomic mass is 15.2. The van der Waals surface area contributed by atoms with Crippen molar-refractivity contribution in [1.29, 1.82) is 0 Å². The van der Waals surface area contributed by atoms with Crippen LogP contribution < -0.4 is 5.32 Å². The Labute approximate surface area is 93.8 Å². The molecule has 3 heteroatoms. The lowest BCUT2D eigenvalue weighted by molar-refractivity contribution is 0.134. The van der Waals surface area contributed by atoms with Gasteiger partial charge in [0.2, 0.25) is 0 Å². The van der Waals surface area contributed by atoms with Crippen molar-refractivity contribution in [1.82, 2.24) is 15.1 Å². The highest BCUT2D eigenvalue weighted by Crippen LogP contribution is 2.18. The molecule has 0 bridgehead atoms. The van der Waals surface area contributed by atoms with Crippen molar-refractivity contribution < 1.29 is 0 Å². The van der Waals surface area contributed by atoms with Gasteiger partial charge in [-0.2, -0.15) is 0 Å². The van der Waals surface area contributed by atoms with Crippen LogP contribution in [0.25, 0.3) is 0 Å². The molecule has 0 spiro atoms. The van der Waals surface area contributed by atoms with Crippen molar-refractivity contribution in [2.75, 3.05) is 46.3 Å². The molecule has 0 radical (unpaired) electrons. The maximum atomic E-state index is 3.50. The normalized spacial score (nSPS) is 34.8. The number of nitrogens with zero attached hydrogens (tertiary/aromatic N) is 2. The van der Waals surface area contributed by atoms with Gasteiger partial charge in [0.15, 0.2) is 0 Å². The molecule has 1 N–H and O–H groups in total. The van der Waals surface area contributed by atoms with Crippen LogP contribution in [0.15, 0.2) is 0 Å². The Balaban J connectivity index is 1.81. The van der Waals surface area contributed by atoms with Crippen LogP contribution in [0.2, 0.25) is 0 Å². The lowest BCUT2D eigenvalue weighted by Crippen LogP contribution is -2.52. The van der Waals surface area contributed by atoms with E-state index in [0.29, 0.717) is 0 Å². The fraction of sp³-hybridized carbons (Fsp3) is 1.00. The molecule has 2 rings (SSSR count). The van der Waals surface area contributed by atoms with Gasteiger partial charge in [-0.15, -0.1) is 0 Å². The molecule has 2 fully saturated rings. The lowest BCUT2D eigenvalue weighted by atomic mass is 10.0. The zero-order valence-electron chi connectivity index (χ0n) is 10.2. The molecule has 88 valence electrons. The summed E-state index contributed by atoms with van der Waals surface area (Å²) in [4.78, 5) is 5.17. The topological polar surface area (TPSA) is 18.5 Å². The van der Waals surface area contributed by atoms with E-state index in [1.165, 1.54) is 52.1 Å². The molecule has 15 heavy (non-hydrogen) atoms. The van der Waals surface area contributed by atoms with E-state index >= 15 is 0 Å². The number of likely N-dealkylation sites (tertiary alicyclic amines) is 1. The third-order valence-electron chi connectivity index (χ3n) is 3.93. The highest BCUT2D eigenvalue weighted by Gasteiger charge is 2.26. The second-order valence-electron chi connectivity index (χ2n) is 5.18. The lowest BCUT2D eigenvalue weighted by Gasteiger charge is -2.37. The Morgan fingerprint density at radius 1 is 1.33 bits per heavy atom. The van der Waals surface area contributed by atoms with Crippen LogP contribution in [0.5, 0.6) is 0 Å². The van der Waals surface area contributed by atoms with Gasteiger partial charge in [-0.05, 0) is 32.4 Å². The van der Waals surface area contributed by atoms with Crippen LogP contribution >= 0.6 is 0 Å². The second kappa shape index (κ2) is 5.28. The Morgan fingerprint density at radius 2 is 2.20 bits per heavy atom. The number of nitrogens with one attached hydrogen (secondary N) is 1. The molecular formula is C12H25N3. The van der Waals surface area contributed by atoms with Gasteiger partial charge < -0.3 is 10.2 Å². The minimum absolute atomic E-state index is 0.782. The molecule has 3 nitrogen and oxygen atoms in total. The van der Waals surface area contributed by atoms with E-state index in [4.69, 9.17) is 0 Å². The van der Waals surface area contributed by atoms with Crippen LogP contribution in [0.3, 0.4) is 0 Å². The largest absolute Gasteiger partial charge is 0.314 e. The highest BCUT2D eigenvalue weighted by molar-refractivity contribution is 4.83. The summed E-state index contributed by atoms with van der Waals surface area (Å²) in [5.74, 6) is 0.919. The monoisotopic (exact) mass is 211 g/mol. The summed E-state index contributed by atoms with van der Waals surface area (Å²) in [6.45, 7) is 9.86. The van der Waals surface area contributed by atoms with Gasteiger partial charge in [0.05, 0.1) is 0 Å². The second-order valence-corrected chi connectivity index (χ2v) is 5.18. The smallest absolute Gasteiger partial charge is 0.0218 e. The molecule has 0 amide bonds.